The third-order valence-corrected chi connectivity index (χ3v) is 4.28. The molecule has 1 aliphatic rings. The van der Waals surface area contributed by atoms with Crippen LogP contribution >= 0.6 is 0 Å². The second-order valence-corrected chi connectivity index (χ2v) is 5.75. The Balaban J connectivity index is 1.74. The quantitative estimate of drug-likeness (QED) is 0.789. The Morgan fingerprint density at radius 3 is 2.56 bits per heavy atom. The van der Waals surface area contributed by atoms with E-state index in [1.54, 1.807) is 24.4 Å². The fourth-order valence-corrected chi connectivity index (χ4v) is 3.07. The molecule has 0 bridgehead atoms. The molecule has 1 aromatic heterocycles. The number of pyridine rings is 1. The van der Waals surface area contributed by atoms with Crippen LogP contribution in [0.3, 0.4) is 0 Å². The van der Waals surface area contributed by atoms with Crippen molar-refractivity contribution in [2.24, 2.45) is 0 Å². The second-order valence-electron chi connectivity index (χ2n) is 5.75. The summed E-state index contributed by atoms with van der Waals surface area (Å²) in [5, 5.41) is 3.45. The number of anilines is 2. The number of benzene rings is 2. The summed E-state index contributed by atoms with van der Waals surface area (Å²) in [6.45, 7) is 0. The first kappa shape index (κ1) is 15.2. The van der Waals surface area contributed by atoms with Gasteiger partial charge >= 0.3 is 0 Å². The summed E-state index contributed by atoms with van der Waals surface area (Å²) >= 11 is 0. The molecule has 0 aliphatic carbocycles. The molecule has 1 atom stereocenters. The zero-order chi connectivity index (χ0) is 17.2. The number of amides is 1. The Hall–Kier alpha value is -3.34. The van der Waals surface area contributed by atoms with Crippen molar-refractivity contribution in [1.82, 2.24) is 4.98 Å². The highest BCUT2D eigenvalue weighted by Gasteiger charge is 2.37. The number of methoxy groups -OCH3 is 1. The van der Waals surface area contributed by atoms with Gasteiger partial charge in [-0.1, -0.05) is 18.2 Å². The average molecular weight is 331 g/mol. The highest BCUT2D eigenvalue weighted by atomic mass is 16.5. The molecule has 0 fully saturated rings. The highest BCUT2D eigenvalue weighted by molar-refractivity contribution is 6.11. The molecule has 0 spiro atoms. The zero-order valence-electron chi connectivity index (χ0n) is 13.7. The Kier molecular flexibility index (Phi) is 3.82. The van der Waals surface area contributed by atoms with Crippen molar-refractivity contribution in [3.05, 3.63) is 84.2 Å². The smallest absolute Gasteiger partial charge is 0.260 e. The lowest BCUT2D eigenvalue weighted by Gasteiger charge is -2.27. The minimum absolute atomic E-state index is 0.0328. The van der Waals surface area contributed by atoms with Crippen molar-refractivity contribution in [2.75, 3.05) is 17.3 Å². The summed E-state index contributed by atoms with van der Waals surface area (Å²) in [7, 11) is 1.64. The van der Waals surface area contributed by atoms with Crippen molar-refractivity contribution < 1.29 is 9.53 Å². The van der Waals surface area contributed by atoms with E-state index in [2.05, 4.69) is 10.3 Å². The van der Waals surface area contributed by atoms with Crippen LogP contribution in [0.4, 0.5) is 11.4 Å². The molecule has 25 heavy (non-hydrogen) atoms. The normalized spacial score (nSPS) is 15.8. The molecule has 0 unspecified atom stereocenters. The van der Waals surface area contributed by atoms with E-state index in [-0.39, 0.29) is 12.1 Å². The van der Waals surface area contributed by atoms with Gasteiger partial charge in [0.15, 0.2) is 0 Å². The molecule has 1 N–H and O–H groups in total. The van der Waals surface area contributed by atoms with E-state index in [4.69, 9.17) is 4.74 Å². The van der Waals surface area contributed by atoms with Crippen molar-refractivity contribution in [2.45, 2.75) is 6.17 Å². The molecule has 0 radical (unpaired) electrons. The predicted molar refractivity (Wildman–Crippen MR) is 96.8 cm³/mol. The van der Waals surface area contributed by atoms with Gasteiger partial charge in [0, 0.05) is 23.0 Å². The van der Waals surface area contributed by atoms with Gasteiger partial charge in [0.1, 0.15) is 11.9 Å². The molecule has 0 saturated heterocycles. The molecule has 2 heterocycles. The van der Waals surface area contributed by atoms with Crippen LogP contribution in [0.5, 0.6) is 5.75 Å². The number of nitrogens with one attached hydrogen (secondary N) is 1. The fraction of sp³-hybridized carbons (Fsp3) is 0.100. The number of hydrogen-bond acceptors (Lipinski definition) is 4. The Labute approximate surface area is 145 Å². The van der Waals surface area contributed by atoms with Gasteiger partial charge in [-0.25, -0.2) is 0 Å². The van der Waals surface area contributed by atoms with Gasteiger partial charge in [-0.2, -0.15) is 0 Å². The van der Waals surface area contributed by atoms with E-state index in [1.807, 2.05) is 60.7 Å². The molecule has 5 nitrogen and oxygen atoms in total. The van der Waals surface area contributed by atoms with Crippen LogP contribution in [0, 0.1) is 0 Å². The minimum atomic E-state index is -0.290. The Bertz CT molecular complexity index is 894. The topological polar surface area (TPSA) is 54.5 Å². The number of rotatable bonds is 4. The first-order valence-electron chi connectivity index (χ1n) is 8.01. The molecule has 1 amide bonds. The highest BCUT2D eigenvalue weighted by Crippen LogP contribution is 2.37. The monoisotopic (exact) mass is 331 g/mol. The van der Waals surface area contributed by atoms with Crippen LogP contribution < -0.4 is 15.0 Å². The first-order chi connectivity index (χ1) is 12.3. The Morgan fingerprint density at radius 2 is 1.84 bits per heavy atom. The van der Waals surface area contributed by atoms with Crippen LogP contribution in [-0.4, -0.2) is 18.0 Å². The molecular weight excluding hydrogens is 314 g/mol. The van der Waals surface area contributed by atoms with E-state index in [0.717, 1.165) is 22.7 Å². The lowest BCUT2D eigenvalue weighted by atomic mass is 10.1. The van der Waals surface area contributed by atoms with Gasteiger partial charge in [0.2, 0.25) is 0 Å². The molecule has 0 saturated carbocycles. The number of carbonyl (C=O) groups is 1. The van der Waals surface area contributed by atoms with Crippen molar-refractivity contribution in [1.29, 1.82) is 0 Å². The third kappa shape index (κ3) is 2.70. The summed E-state index contributed by atoms with van der Waals surface area (Å²) in [5.41, 5.74) is 3.32. The van der Waals surface area contributed by atoms with Gasteiger partial charge in [-0.15, -0.1) is 0 Å². The number of hydrogen-bond donors (Lipinski definition) is 1. The summed E-state index contributed by atoms with van der Waals surface area (Å²) in [6, 6.07) is 19.0. The molecule has 124 valence electrons. The molecule has 3 aromatic rings. The lowest BCUT2D eigenvalue weighted by Crippen LogP contribution is -2.32. The average Bonchev–Trinajstić information content (AvgIpc) is 2.95. The second kappa shape index (κ2) is 6.28. The largest absolute Gasteiger partial charge is 0.497 e. The van der Waals surface area contributed by atoms with E-state index >= 15 is 0 Å². The lowest BCUT2D eigenvalue weighted by molar-refractivity contribution is 0.0993. The molecule has 1 aliphatic heterocycles. The molecule has 4 rings (SSSR count). The summed E-state index contributed by atoms with van der Waals surface area (Å²) in [6.07, 6.45) is 3.11. The van der Waals surface area contributed by atoms with Crippen LogP contribution in [0.15, 0.2) is 73.1 Å². The van der Waals surface area contributed by atoms with Gasteiger partial charge < -0.3 is 10.1 Å². The number of nitrogens with zero attached hydrogens (tertiary/aromatic N) is 2. The van der Waals surface area contributed by atoms with E-state index in [9.17, 15) is 4.79 Å². The number of ether oxygens (including phenoxy) is 1. The maximum Gasteiger partial charge on any atom is 0.260 e. The molecule has 2 aromatic carbocycles. The summed E-state index contributed by atoms with van der Waals surface area (Å²) < 4.78 is 5.20. The van der Waals surface area contributed by atoms with E-state index in [0.29, 0.717) is 5.56 Å². The van der Waals surface area contributed by atoms with Gasteiger partial charge in [0.25, 0.3) is 5.91 Å². The van der Waals surface area contributed by atoms with Crippen molar-refractivity contribution >= 4 is 17.3 Å². The SMILES string of the molecule is COc1ccc(N[C@H]2c3ccccc3C(=O)N2c2cccnc2)cc1. The molecule has 5 heteroatoms. The number of aromatic nitrogens is 1. The first-order valence-corrected chi connectivity index (χ1v) is 8.01. The number of carbonyl (C=O) groups excluding carboxylic acids is 1. The third-order valence-electron chi connectivity index (χ3n) is 4.28. The summed E-state index contributed by atoms with van der Waals surface area (Å²) in [4.78, 5) is 18.8. The molecular formula is C20H17N3O2. The van der Waals surface area contributed by atoms with Crippen LogP contribution in [-0.2, 0) is 0 Å². The maximum absolute atomic E-state index is 12.9. The van der Waals surface area contributed by atoms with Crippen molar-refractivity contribution in [3.63, 3.8) is 0 Å². The zero-order valence-corrected chi connectivity index (χ0v) is 13.7. The number of fused-ring (bicyclic) bond motifs is 1. The van der Waals surface area contributed by atoms with Crippen LogP contribution in [0.25, 0.3) is 0 Å². The Morgan fingerprint density at radius 1 is 1.04 bits per heavy atom. The van der Waals surface area contributed by atoms with Crippen molar-refractivity contribution in [3.8, 4) is 5.75 Å². The van der Waals surface area contributed by atoms with E-state index in [1.165, 1.54) is 0 Å². The van der Waals surface area contributed by atoms with Crippen LogP contribution in [0.2, 0.25) is 0 Å². The predicted octanol–water partition coefficient (Wildman–Crippen LogP) is 3.86. The summed E-state index contributed by atoms with van der Waals surface area (Å²) in [5.74, 6) is 0.757. The van der Waals surface area contributed by atoms with Gasteiger partial charge in [-0.05, 0) is 42.5 Å². The maximum atomic E-state index is 12.9. The van der Waals surface area contributed by atoms with Gasteiger partial charge in [-0.3, -0.25) is 14.7 Å². The fourth-order valence-electron chi connectivity index (χ4n) is 3.07. The van der Waals surface area contributed by atoms with E-state index < -0.39 is 0 Å². The minimum Gasteiger partial charge on any atom is -0.497 e. The van der Waals surface area contributed by atoms with Gasteiger partial charge in [0.05, 0.1) is 19.0 Å². The van der Waals surface area contributed by atoms with Crippen LogP contribution in [0.1, 0.15) is 22.1 Å². The standard InChI is InChI=1S/C20H17N3O2/c1-25-16-10-8-14(9-11-16)22-19-17-6-2-3-7-18(17)20(24)23(19)15-5-4-12-21-13-15/h2-13,19,22H,1H3/t19-/m1/s1.